The summed E-state index contributed by atoms with van der Waals surface area (Å²) in [5, 5.41) is 9.25. The molecule has 2 aromatic rings. The molecule has 0 spiro atoms. The summed E-state index contributed by atoms with van der Waals surface area (Å²) >= 11 is 0. The fraction of sp³-hybridized carbons (Fsp3) is 0.154. The van der Waals surface area contributed by atoms with Crippen LogP contribution in [-0.2, 0) is 4.79 Å². The second kappa shape index (κ2) is 5.01. The molecule has 1 heterocycles. The van der Waals surface area contributed by atoms with Gasteiger partial charge in [0.2, 0.25) is 0 Å². The van der Waals surface area contributed by atoms with Crippen LogP contribution in [0.5, 0.6) is 0 Å². The van der Waals surface area contributed by atoms with E-state index in [-0.39, 0.29) is 12.1 Å². The molecule has 0 aliphatic carbocycles. The van der Waals surface area contributed by atoms with Crippen LogP contribution in [0.25, 0.3) is 10.9 Å². The number of aromatic nitrogens is 1. The van der Waals surface area contributed by atoms with Crippen LogP contribution < -0.4 is 0 Å². The first-order chi connectivity index (χ1) is 8.97. The monoisotopic (exact) mass is 262 g/mol. The van der Waals surface area contributed by atoms with Crippen molar-refractivity contribution in [2.75, 3.05) is 13.6 Å². The summed E-state index contributed by atoms with van der Waals surface area (Å²) in [6, 6.07) is 5.62. The maximum atomic E-state index is 13.0. The van der Waals surface area contributed by atoms with E-state index in [1.54, 1.807) is 6.07 Å². The number of carbonyl (C=O) groups excluding carboxylic acids is 1. The predicted molar refractivity (Wildman–Crippen MR) is 66.3 cm³/mol. The second-order valence-corrected chi connectivity index (χ2v) is 4.12. The van der Waals surface area contributed by atoms with Gasteiger partial charge in [0.15, 0.2) is 0 Å². The number of hydrogen-bond acceptors (Lipinski definition) is 3. The molecule has 1 aromatic carbocycles. The van der Waals surface area contributed by atoms with Crippen molar-refractivity contribution in [2.45, 2.75) is 0 Å². The van der Waals surface area contributed by atoms with Crippen molar-refractivity contribution in [3.63, 3.8) is 0 Å². The molecule has 0 fully saturated rings. The Bertz CT molecular complexity index is 657. The third kappa shape index (κ3) is 2.85. The zero-order valence-electron chi connectivity index (χ0n) is 10.1. The average molecular weight is 262 g/mol. The number of likely N-dealkylation sites (N-methyl/N-ethyl adjacent to an activating group) is 1. The molecule has 2 rings (SSSR count). The van der Waals surface area contributed by atoms with Crippen LogP contribution in [0.3, 0.4) is 0 Å². The van der Waals surface area contributed by atoms with E-state index < -0.39 is 17.7 Å². The van der Waals surface area contributed by atoms with Gasteiger partial charge in [-0.1, -0.05) is 0 Å². The van der Waals surface area contributed by atoms with Crippen LogP contribution in [0.1, 0.15) is 10.4 Å². The second-order valence-electron chi connectivity index (χ2n) is 4.12. The van der Waals surface area contributed by atoms with Crippen LogP contribution in [0.4, 0.5) is 4.39 Å². The summed E-state index contributed by atoms with van der Waals surface area (Å²) in [4.78, 5) is 27.6. The van der Waals surface area contributed by atoms with Crippen molar-refractivity contribution >= 4 is 22.8 Å². The summed E-state index contributed by atoms with van der Waals surface area (Å²) in [7, 11) is 1.39. The normalized spacial score (nSPS) is 10.4. The van der Waals surface area contributed by atoms with Gasteiger partial charge in [-0.3, -0.25) is 14.6 Å². The van der Waals surface area contributed by atoms with Crippen LogP contribution in [0.2, 0.25) is 0 Å². The molecule has 5 nitrogen and oxygen atoms in total. The molecule has 0 aliphatic rings. The Hall–Kier alpha value is -2.50. The van der Waals surface area contributed by atoms with Crippen molar-refractivity contribution < 1.29 is 19.1 Å². The smallest absolute Gasteiger partial charge is 0.323 e. The first-order valence-electron chi connectivity index (χ1n) is 5.50. The minimum Gasteiger partial charge on any atom is -0.480 e. The minimum absolute atomic E-state index is 0.267. The van der Waals surface area contributed by atoms with Gasteiger partial charge in [0, 0.05) is 24.7 Å². The van der Waals surface area contributed by atoms with Crippen molar-refractivity contribution in [3.8, 4) is 0 Å². The Morgan fingerprint density at radius 3 is 2.79 bits per heavy atom. The first kappa shape index (κ1) is 12.9. The van der Waals surface area contributed by atoms with E-state index >= 15 is 0 Å². The Balaban J connectivity index is 2.33. The van der Waals surface area contributed by atoms with Gasteiger partial charge in [0.25, 0.3) is 5.91 Å². The maximum Gasteiger partial charge on any atom is 0.323 e. The summed E-state index contributed by atoms with van der Waals surface area (Å²) < 4.78 is 13.0. The number of amides is 1. The quantitative estimate of drug-likeness (QED) is 0.910. The van der Waals surface area contributed by atoms with E-state index in [4.69, 9.17) is 5.11 Å². The lowest BCUT2D eigenvalue weighted by Gasteiger charge is -2.14. The molecule has 0 saturated heterocycles. The number of carbonyl (C=O) groups is 2. The SMILES string of the molecule is CN(CC(=O)O)C(=O)c1cnc2cc(F)ccc2c1. The lowest BCUT2D eigenvalue weighted by Crippen LogP contribution is -2.31. The number of benzene rings is 1. The van der Waals surface area contributed by atoms with Crippen LogP contribution in [0, 0.1) is 5.82 Å². The molecule has 19 heavy (non-hydrogen) atoms. The van der Waals surface area contributed by atoms with Gasteiger partial charge in [-0.15, -0.1) is 0 Å². The van der Waals surface area contributed by atoms with Crippen molar-refractivity contribution in [3.05, 3.63) is 41.8 Å². The number of hydrogen-bond donors (Lipinski definition) is 1. The van der Waals surface area contributed by atoms with E-state index in [1.165, 1.54) is 31.4 Å². The average Bonchev–Trinajstić information content (AvgIpc) is 2.36. The summed E-state index contributed by atoms with van der Waals surface area (Å²) in [5.74, 6) is -1.94. The topological polar surface area (TPSA) is 70.5 Å². The van der Waals surface area contributed by atoms with Crippen LogP contribution >= 0.6 is 0 Å². The summed E-state index contributed by atoms with van der Waals surface area (Å²) in [6.07, 6.45) is 1.31. The lowest BCUT2D eigenvalue weighted by atomic mass is 10.1. The van der Waals surface area contributed by atoms with E-state index in [0.29, 0.717) is 10.9 Å². The highest BCUT2D eigenvalue weighted by Crippen LogP contribution is 2.15. The number of carboxylic acid groups (broad SMARTS) is 1. The van der Waals surface area contributed by atoms with Crippen molar-refractivity contribution in [1.29, 1.82) is 0 Å². The molecule has 0 saturated carbocycles. The first-order valence-corrected chi connectivity index (χ1v) is 5.50. The Labute approximate surface area is 108 Å². The molecule has 0 bridgehead atoms. The fourth-order valence-electron chi connectivity index (χ4n) is 1.71. The molecule has 6 heteroatoms. The number of pyridine rings is 1. The van der Waals surface area contributed by atoms with Gasteiger partial charge < -0.3 is 10.0 Å². The lowest BCUT2D eigenvalue weighted by molar-refractivity contribution is -0.137. The summed E-state index contributed by atoms with van der Waals surface area (Å²) in [6.45, 7) is -0.389. The number of nitrogens with zero attached hydrogens (tertiary/aromatic N) is 2. The van der Waals surface area contributed by atoms with Gasteiger partial charge in [0.1, 0.15) is 12.4 Å². The Morgan fingerprint density at radius 2 is 2.11 bits per heavy atom. The zero-order chi connectivity index (χ0) is 14.0. The molecule has 0 aliphatic heterocycles. The zero-order valence-corrected chi connectivity index (χ0v) is 10.1. The largest absolute Gasteiger partial charge is 0.480 e. The van der Waals surface area contributed by atoms with Crippen LogP contribution in [0.15, 0.2) is 30.5 Å². The number of halogens is 1. The van der Waals surface area contributed by atoms with Crippen molar-refractivity contribution in [2.24, 2.45) is 0 Å². The highest BCUT2D eigenvalue weighted by Gasteiger charge is 2.15. The highest BCUT2D eigenvalue weighted by molar-refractivity contribution is 5.98. The van der Waals surface area contributed by atoms with E-state index in [1.807, 2.05) is 0 Å². The molecule has 1 aromatic heterocycles. The van der Waals surface area contributed by atoms with Crippen molar-refractivity contribution in [1.82, 2.24) is 9.88 Å². The molecule has 0 unspecified atom stereocenters. The maximum absolute atomic E-state index is 13.0. The predicted octanol–water partition coefficient (Wildman–Crippen LogP) is 1.53. The molecule has 0 radical (unpaired) electrons. The van der Waals surface area contributed by atoms with Gasteiger partial charge >= 0.3 is 5.97 Å². The number of carboxylic acids is 1. The number of aliphatic carboxylic acids is 1. The van der Waals surface area contributed by atoms with Gasteiger partial charge in [-0.25, -0.2) is 4.39 Å². The molecule has 1 amide bonds. The third-order valence-electron chi connectivity index (χ3n) is 2.61. The van der Waals surface area contributed by atoms with Crippen LogP contribution in [-0.4, -0.2) is 40.5 Å². The van der Waals surface area contributed by atoms with E-state index in [0.717, 1.165) is 4.90 Å². The Morgan fingerprint density at radius 1 is 1.37 bits per heavy atom. The van der Waals surface area contributed by atoms with Gasteiger partial charge in [-0.05, 0) is 18.2 Å². The minimum atomic E-state index is -1.09. The molecular formula is C13H11FN2O3. The van der Waals surface area contributed by atoms with E-state index in [2.05, 4.69) is 4.98 Å². The molecular weight excluding hydrogens is 251 g/mol. The standard InChI is InChI=1S/C13H11FN2O3/c1-16(7-12(17)18)13(19)9-4-8-2-3-10(14)5-11(8)15-6-9/h2-6H,7H2,1H3,(H,17,18). The third-order valence-corrected chi connectivity index (χ3v) is 2.61. The molecule has 0 atom stereocenters. The highest BCUT2D eigenvalue weighted by atomic mass is 19.1. The molecule has 1 N–H and O–H groups in total. The van der Waals surface area contributed by atoms with E-state index in [9.17, 15) is 14.0 Å². The van der Waals surface area contributed by atoms with Gasteiger partial charge in [-0.2, -0.15) is 0 Å². The summed E-state index contributed by atoms with van der Waals surface area (Å²) in [5.41, 5.74) is 0.709. The Kier molecular flexibility index (Phi) is 3.41. The fourth-order valence-corrected chi connectivity index (χ4v) is 1.71. The molecule has 98 valence electrons. The van der Waals surface area contributed by atoms with Gasteiger partial charge in [0.05, 0.1) is 11.1 Å². The number of fused-ring (bicyclic) bond motifs is 1. The number of rotatable bonds is 3.